The number of imidazole rings is 1. The highest BCUT2D eigenvalue weighted by molar-refractivity contribution is 5.78. The number of benzene rings is 1. The van der Waals surface area contributed by atoms with E-state index in [4.69, 9.17) is 0 Å². The summed E-state index contributed by atoms with van der Waals surface area (Å²) in [7, 11) is 0. The Morgan fingerprint density at radius 3 is 2.48 bits per heavy atom. The molecule has 4 rings (SSSR count). The molecule has 0 saturated carbocycles. The molecule has 0 aliphatic carbocycles. The van der Waals surface area contributed by atoms with Crippen molar-refractivity contribution in [3.05, 3.63) is 71.4 Å². The molecule has 0 unspecified atom stereocenters. The van der Waals surface area contributed by atoms with E-state index in [1.54, 1.807) is 29.5 Å². The highest BCUT2D eigenvalue weighted by Crippen LogP contribution is 2.15. The Labute approximate surface area is 119 Å². The van der Waals surface area contributed by atoms with Gasteiger partial charge in [-0.25, -0.2) is 15.0 Å². The molecule has 4 aromatic rings. The van der Waals surface area contributed by atoms with Crippen LogP contribution in [-0.4, -0.2) is 23.9 Å². The van der Waals surface area contributed by atoms with Gasteiger partial charge < -0.3 is 4.57 Å². The molecule has 0 amide bonds. The van der Waals surface area contributed by atoms with Crippen LogP contribution in [0.25, 0.3) is 16.6 Å². The lowest BCUT2D eigenvalue weighted by atomic mass is 10.2. The molecule has 3 heterocycles. The molecule has 0 aliphatic rings. The van der Waals surface area contributed by atoms with Crippen LogP contribution in [0.3, 0.4) is 0 Å². The Hall–Kier alpha value is -3.02. The molecule has 0 radical (unpaired) electrons. The fourth-order valence-electron chi connectivity index (χ4n) is 2.54. The fourth-order valence-corrected chi connectivity index (χ4v) is 2.54. The SMILES string of the molecule is O=c1c2cncn2c2ccccc2n1Cc1cncnc1. The van der Waals surface area contributed by atoms with Crippen LogP contribution >= 0.6 is 0 Å². The van der Waals surface area contributed by atoms with Crippen molar-refractivity contribution in [3.8, 4) is 0 Å². The minimum absolute atomic E-state index is 0.0740. The maximum absolute atomic E-state index is 12.7. The molecule has 0 aliphatic heterocycles. The molecule has 0 spiro atoms. The van der Waals surface area contributed by atoms with Gasteiger partial charge in [0.05, 0.1) is 30.1 Å². The molecule has 21 heavy (non-hydrogen) atoms. The molecule has 0 N–H and O–H groups in total. The number of rotatable bonds is 2. The fraction of sp³-hybridized carbons (Fsp3) is 0.0667. The van der Waals surface area contributed by atoms with Gasteiger partial charge in [-0.15, -0.1) is 0 Å². The van der Waals surface area contributed by atoms with Crippen molar-refractivity contribution < 1.29 is 0 Å². The summed E-state index contributed by atoms with van der Waals surface area (Å²) in [5.41, 5.74) is 3.17. The van der Waals surface area contributed by atoms with Crippen LogP contribution in [0.4, 0.5) is 0 Å². The van der Waals surface area contributed by atoms with Crippen molar-refractivity contribution in [1.82, 2.24) is 23.9 Å². The number of para-hydroxylation sites is 2. The maximum atomic E-state index is 12.7. The van der Waals surface area contributed by atoms with E-state index < -0.39 is 0 Å². The number of hydrogen-bond acceptors (Lipinski definition) is 4. The summed E-state index contributed by atoms with van der Waals surface area (Å²) >= 11 is 0. The van der Waals surface area contributed by atoms with Gasteiger partial charge in [0, 0.05) is 18.0 Å². The Morgan fingerprint density at radius 2 is 1.67 bits per heavy atom. The summed E-state index contributed by atoms with van der Waals surface area (Å²) in [5, 5.41) is 0. The first kappa shape index (κ1) is 11.8. The first-order valence-corrected chi connectivity index (χ1v) is 6.52. The molecule has 0 bridgehead atoms. The van der Waals surface area contributed by atoms with Crippen molar-refractivity contribution in [2.45, 2.75) is 6.54 Å². The van der Waals surface area contributed by atoms with Crippen LogP contribution in [0.5, 0.6) is 0 Å². The third-order valence-electron chi connectivity index (χ3n) is 3.49. The van der Waals surface area contributed by atoms with E-state index in [1.165, 1.54) is 6.33 Å². The monoisotopic (exact) mass is 277 g/mol. The Balaban J connectivity index is 2.06. The van der Waals surface area contributed by atoms with Crippen LogP contribution in [0, 0.1) is 0 Å². The van der Waals surface area contributed by atoms with Crippen LogP contribution in [0.2, 0.25) is 0 Å². The minimum Gasteiger partial charge on any atom is -0.300 e. The van der Waals surface area contributed by atoms with Gasteiger partial charge in [-0.05, 0) is 12.1 Å². The van der Waals surface area contributed by atoms with Gasteiger partial charge in [-0.1, -0.05) is 12.1 Å². The molecule has 102 valence electrons. The minimum atomic E-state index is -0.0740. The molecule has 0 fully saturated rings. The lowest BCUT2D eigenvalue weighted by molar-refractivity contribution is 0.784. The van der Waals surface area contributed by atoms with Gasteiger partial charge in [0.25, 0.3) is 5.56 Å². The Kier molecular flexibility index (Phi) is 2.53. The summed E-state index contributed by atoms with van der Waals surface area (Å²) in [6.07, 6.45) is 8.16. The topological polar surface area (TPSA) is 65.1 Å². The molecule has 6 nitrogen and oxygen atoms in total. The van der Waals surface area contributed by atoms with Gasteiger partial charge in [-0.2, -0.15) is 0 Å². The zero-order chi connectivity index (χ0) is 14.2. The molecule has 0 atom stereocenters. The van der Waals surface area contributed by atoms with Crippen LogP contribution in [0.1, 0.15) is 5.56 Å². The quantitative estimate of drug-likeness (QED) is 0.557. The molecule has 0 saturated heterocycles. The lowest BCUT2D eigenvalue weighted by Gasteiger charge is -2.11. The van der Waals surface area contributed by atoms with Gasteiger partial charge >= 0.3 is 0 Å². The highest BCUT2D eigenvalue weighted by Gasteiger charge is 2.11. The predicted octanol–water partition coefficient (Wildman–Crippen LogP) is 1.49. The normalized spacial score (nSPS) is 11.2. The van der Waals surface area contributed by atoms with Gasteiger partial charge in [-0.3, -0.25) is 9.20 Å². The van der Waals surface area contributed by atoms with Crippen molar-refractivity contribution >= 4 is 16.6 Å². The second-order valence-electron chi connectivity index (χ2n) is 4.78. The van der Waals surface area contributed by atoms with E-state index >= 15 is 0 Å². The van der Waals surface area contributed by atoms with Crippen molar-refractivity contribution in [1.29, 1.82) is 0 Å². The number of hydrogen-bond donors (Lipinski definition) is 0. The zero-order valence-corrected chi connectivity index (χ0v) is 11.0. The number of fused-ring (bicyclic) bond motifs is 3. The van der Waals surface area contributed by atoms with Gasteiger partial charge in [0.2, 0.25) is 0 Å². The van der Waals surface area contributed by atoms with E-state index in [0.29, 0.717) is 12.1 Å². The van der Waals surface area contributed by atoms with Crippen molar-refractivity contribution in [3.63, 3.8) is 0 Å². The largest absolute Gasteiger partial charge is 0.300 e. The molecule has 6 heteroatoms. The lowest BCUT2D eigenvalue weighted by Crippen LogP contribution is -2.23. The molecule has 1 aromatic carbocycles. The van der Waals surface area contributed by atoms with Gasteiger partial charge in [0.1, 0.15) is 11.8 Å². The first-order chi connectivity index (χ1) is 10.3. The number of nitrogens with zero attached hydrogens (tertiary/aromatic N) is 5. The number of aromatic nitrogens is 5. The third kappa shape index (κ3) is 1.80. The van der Waals surface area contributed by atoms with Crippen LogP contribution in [-0.2, 0) is 6.54 Å². The highest BCUT2D eigenvalue weighted by atomic mass is 16.1. The summed E-state index contributed by atoms with van der Waals surface area (Å²) in [4.78, 5) is 24.8. The molecular weight excluding hydrogens is 266 g/mol. The van der Waals surface area contributed by atoms with Crippen molar-refractivity contribution in [2.75, 3.05) is 0 Å². The van der Waals surface area contributed by atoms with E-state index in [1.807, 2.05) is 28.7 Å². The Bertz CT molecular complexity index is 987. The van der Waals surface area contributed by atoms with Gasteiger partial charge in [0.15, 0.2) is 0 Å². The van der Waals surface area contributed by atoms with Crippen LogP contribution in [0.15, 0.2) is 60.3 Å². The zero-order valence-electron chi connectivity index (χ0n) is 11.0. The second kappa shape index (κ2) is 4.52. The third-order valence-corrected chi connectivity index (χ3v) is 3.49. The van der Waals surface area contributed by atoms with Crippen LogP contribution < -0.4 is 5.56 Å². The first-order valence-electron chi connectivity index (χ1n) is 6.52. The second-order valence-corrected chi connectivity index (χ2v) is 4.78. The summed E-state index contributed by atoms with van der Waals surface area (Å²) < 4.78 is 3.54. The average Bonchev–Trinajstić information content (AvgIpc) is 3.02. The summed E-state index contributed by atoms with van der Waals surface area (Å²) in [6, 6.07) is 7.77. The molecule has 3 aromatic heterocycles. The molecular formula is C15H11N5O. The Morgan fingerprint density at radius 1 is 0.905 bits per heavy atom. The summed E-state index contributed by atoms with van der Waals surface area (Å²) in [5.74, 6) is 0. The van der Waals surface area contributed by atoms with E-state index in [2.05, 4.69) is 15.0 Å². The van der Waals surface area contributed by atoms with E-state index in [0.717, 1.165) is 16.6 Å². The van der Waals surface area contributed by atoms with Crippen molar-refractivity contribution in [2.24, 2.45) is 0 Å². The van der Waals surface area contributed by atoms with E-state index in [-0.39, 0.29) is 5.56 Å². The van der Waals surface area contributed by atoms with E-state index in [9.17, 15) is 4.79 Å². The smallest absolute Gasteiger partial charge is 0.277 e. The summed E-state index contributed by atoms with van der Waals surface area (Å²) in [6.45, 7) is 0.432. The maximum Gasteiger partial charge on any atom is 0.277 e. The predicted molar refractivity (Wildman–Crippen MR) is 78.1 cm³/mol. The average molecular weight is 277 g/mol. The standard InChI is InChI=1S/C15H11N5O/c21-15-14-7-18-10-20(14)13-4-2-1-3-12(13)19(15)8-11-5-16-9-17-6-11/h1-7,9-10H,8H2.